The van der Waals surface area contributed by atoms with Crippen LogP contribution in [0.1, 0.15) is 10.4 Å². The molecule has 0 fully saturated rings. The molecule has 3 rings (SSSR count). The summed E-state index contributed by atoms with van der Waals surface area (Å²) in [7, 11) is -2.29. The van der Waals surface area contributed by atoms with Crippen LogP contribution in [0.5, 0.6) is 0 Å². The number of thiophene rings is 1. The Balaban J connectivity index is 1.80. The summed E-state index contributed by atoms with van der Waals surface area (Å²) in [6, 6.07) is 12.0. The Morgan fingerprint density at radius 1 is 1.00 bits per heavy atom. The number of carbonyl (C=O) groups is 1. The topological polar surface area (TPSA) is 66.5 Å². The average molecular weight is 408 g/mol. The highest BCUT2D eigenvalue weighted by Crippen LogP contribution is 2.26. The number of para-hydroxylation sites is 1. The van der Waals surface area contributed by atoms with E-state index in [2.05, 4.69) is 5.32 Å². The molecule has 0 aliphatic rings. The van der Waals surface area contributed by atoms with Gasteiger partial charge in [0, 0.05) is 12.6 Å². The zero-order chi connectivity index (χ0) is 19.6. The van der Waals surface area contributed by atoms with Gasteiger partial charge in [0.1, 0.15) is 21.5 Å². The molecule has 1 N–H and O–H groups in total. The number of anilines is 2. The maximum atomic E-state index is 13.6. The van der Waals surface area contributed by atoms with E-state index in [1.807, 2.05) is 0 Å². The molecule has 0 aliphatic heterocycles. The molecule has 0 bridgehead atoms. The SMILES string of the molecule is CN(c1ccc(C(=O)Nc2c(F)cccc2F)cc1)S(=O)(=O)c1cccs1. The fourth-order valence-corrected chi connectivity index (χ4v) is 4.67. The van der Waals surface area contributed by atoms with E-state index in [0.29, 0.717) is 5.69 Å². The quantitative estimate of drug-likeness (QED) is 0.691. The monoisotopic (exact) mass is 408 g/mol. The molecule has 27 heavy (non-hydrogen) atoms. The van der Waals surface area contributed by atoms with E-state index in [4.69, 9.17) is 0 Å². The van der Waals surface area contributed by atoms with Gasteiger partial charge in [-0.3, -0.25) is 9.10 Å². The summed E-state index contributed by atoms with van der Waals surface area (Å²) < 4.78 is 53.6. The molecule has 5 nitrogen and oxygen atoms in total. The van der Waals surface area contributed by atoms with Crippen LogP contribution < -0.4 is 9.62 Å². The third-order valence-electron chi connectivity index (χ3n) is 3.80. The number of nitrogens with zero attached hydrogens (tertiary/aromatic N) is 1. The molecule has 2 aromatic carbocycles. The Hall–Kier alpha value is -2.78. The Bertz CT molecular complexity index is 1050. The van der Waals surface area contributed by atoms with Gasteiger partial charge in [-0.05, 0) is 47.8 Å². The number of halogens is 2. The second kappa shape index (κ2) is 7.45. The number of hydrogen-bond acceptors (Lipinski definition) is 4. The van der Waals surface area contributed by atoms with Gasteiger partial charge in [-0.2, -0.15) is 0 Å². The van der Waals surface area contributed by atoms with Crippen molar-refractivity contribution >= 4 is 38.6 Å². The third kappa shape index (κ3) is 3.83. The molecular weight excluding hydrogens is 394 g/mol. The van der Waals surface area contributed by atoms with E-state index < -0.39 is 33.3 Å². The number of sulfonamides is 1. The molecule has 1 aromatic heterocycles. The van der Waals surface area contributed by atoms with Gasteiger partial charge in [0.05, 0.1) is 5.69 Å². The van der Waals surface area contributed by atoms with Crippen LogP contribution >= 0.6 is 11.3 Å². The fraction of sp³-hybridized carbons (Fsp3) is 0.0556. The first-order valence-electron chi connectivity index (χ1n) is 7.68. The van der Waals surface area contributed by atoms with E-state index in [0.717, 1.165) is 27.8 Å². The Labute approximate surface area is 158 Å². The summed E-state index contributed by atoms with van der Waals surface area (Å²) >= 11 is 1.10. The highest BCUT2D eigenvalue weighted by atomic mass is 32.2. The van der Waals surface area contributed by atoms with E-state index in [9.17, 15) is 22.0 Å². The van der Waals surface area contributed by atoms with Gasteiger partial charge in [0.15, 0.2) is 0 Å². The molecule has 0 saturated carbocycles. The number of amides is 1. The van der Waals surface area contributed by atoms with Crippen molar-refractivity contribution in [3.05, 3.63) is 77.2 Å². The lowest BCUT2D eigenvalue weighted by atomic mass is 10.2. The minimum Gasteiger partial charge on any atom is -0.317 e. The molecule has 0 radical (unpaired) electrons. The molecule has 140 valence electrons. The minimum atomic E-state index is -3.69. The zero-order valence-corrected chi connectivity index (χ0v) is 15.7. The van der Waals surface area contributed by atoms with Gasteiger partial charge in [0.25, 0.3) is 15.9 Å². The largest absolute Gasteiger partial charge is 0.317 e. The third-order valence-corrected chi connectivity index (χ3v) is 6.96. The standard InChI is InChI=1S/C18H14F2N2O3S2/c1-22(27(24,25)16-6-3-11-26-16)13-9-7-12(8-10-13)18(23)21-17-14(19)4-2-5-15(17)20/h2-11H,1H3,(H,21,23). The molecular formula is C18H14F2N2O3S2. The van der Waals surface area contributed by atoms with Crippen molar-refractivity contribution in [3.63, 3.8) is 0 Å². The lowest BCUT2D eigenvalue weighted by Crippen LogP contribution is -2.25. The van der Waals surface area contributed by atoms with Crippen LogP contribution in [0, 0.1) is 11.6 Å². The summed E-state index contributed by atoms with van der Waals surface area (Å²) in [5.74, 6) is -2.49. The molecule has 1 heterocycles. The number of hydrogen-bond donors (Lipinski definition) is 1. The maximum Gasteiger partial charge on any atom is 0.273 e. The molecule has 0 unspecified atom stereocenters. The summed E-state index contributed by atoms with van der Waals surface area (Å²) in [6.45, 7) is 0. The molecule has 0 spiro atoms. The second-order valence-electron chi connectivity index (χ2n) is 5.50. The van der Waals surface area contributed by atoms with Crippen LogP contribution in [0.3, 0.4) is 0 Å². The van der Waals surface area contributed by atoms with Crippen LogP contribution in [0.2, 0.25) is 0 Å². The van der Waals surface area contributed by atoms with E-state index in [-0.39, 0.29) is 9.77 Å². The number of carbonyl (C=O) groups excluding carboxylic acids is 1. The Kier molecular flexibility index (Phi) is 5.24. The van der Waals surface area contributed by atoms with Gasteiger partial charge in [0.2, 0.25) is 0 Å². The smallest absolute Gasteiger partial charge is 0.273 e. The fourth-order valence-electron chi connectivity index (χ4n) is 2.31. The van der Waals surface area contributed by atoms with Crippen LogP contribution in [0.4, 0.5) is 20.2 Å². The highest BCUT2D eigenvalue weighted by molar-refractivity contribution is 7.94. The maximum absolute atomic E-state index is 13.6. The van der Waals surface area contributed by atoms with Crippen LogP contribution in [-0.4, -0.2) is 21.4 Å². The van der Waals surface area contributed by atoms with Crippen LogP contribution in [0.25, 0.3) is 0 Å². The summed E-state index contributed by atoms with van der Waals surface area (Å²) in [5.41, 5.74) is -0.0654. The first kappa shape index (κ1) is 19.0. The first-order valence-corrected chi connectivity index (χ1v) is 10.0. The van der Waals surface area contributed by atoms with Gasteiger partial charge in [-0.15, -0.1) is 11.3 Å². The van der Waals surface area contributed by atoms with Gasteiger partial charge in [-0.25, -0.2) is 17.2 Å². The lowest BCUT2D eigenvalue weighted by Gasteiger charge is -2.18. The second-order valence-corrected chi connectivity index (χ2v) is 8.65. The van der Waals surface area contributed by atoms with E-state index >= 15 is 0 Å². The van der Waals surface area contributed by atoms with Crippen molar-refractivity contribution in [2.24, 2.45) is 0 Å². The normalized spacial score (nSPS) is 11.2. The van der Waals surface area contributed by atoms with Crippen molar-refractivity contribution in [1.29, 1.82) is 0 Å². The minimum absolute atomic E-state index is 0.128. The van der Waals surface area contributed by atoms with Crippen LogP contribution in [0.15, 0.2) is 64.2 Å². The molecule has 0 saturated heterocycles. The van der Waals surface area contributed by atoms with Crippen molar-refractivity contribution in [3.8, 4) is 0 Å². The first-order chi connectivity index (χ1) is 12.8. The molecule has 0 aliphatic carbocycles. The lowest BCUT2D eigenvalue weighted by molar-refractivity contribution is 0.102. The van der Waals surface area contributed by atoms with Gasteiger partial charge in [-0.1, -0.05) is 12.1 Å². The summed E-state index contributed by atoms with van der Waals surface area (Å²) in [6.07, 6.45) is 0. The van der Waals surface area contributed by atoms with Gasteiger partial charge < -0.3 is 5.32 Å². The zero-order valence-electron chi connectivity index (χ0n) is 14.0. The van der Waals surface area contributed by atoms with Crippen molar-refractivity contribution in [2.75, 3.05) is 16.7 Å². The highest BCUT2D eigenvalue weighted by Gasteiger charge is 2.22. The van der Waals surface area contributed by atoms with E-state index in [1.54, 1.807) is 11.4 Å². The molecule has 3 aromatic rings. The summed E-state index contributed by atoms with van der Waals surface area (Å²) in [5, 5.41) is 3.84. The number of benzene rings is 2. The molecule has 9 heteroatoms. The average Bonchev–Trinajstić information content (AvgIpc) is 3.20. The molecule has 0 atom stereocenters. The Morgan fingerprint density at radius 3 is 2.19 bits per heavy atom. The number of rotatable bonds is 5. The van der Waals surface area contributed by atoms with Crippen molar-refractivity contribution in [1.82, 2.24) is 0 Å². The van der Waals surface area contributed by atoms with E-state index in [1.165, 1.54) is 43.4 Å². The van der Waals surface area contributed by atoms with Crippen molar-refractivity contribution < 1.29 is 22.0 Å². The predicted octanol–water partition coefficient (Wildman–Crippen LogP) is 4.10. The number of nitrogens with one attached hydrogen (secondary N) is 1. The Morgan fingerprint density at radius 2 is 1.63 bits per heavy atom. The van der Waals surface area contributed by atoms with Gasteiger partial charge >= 0.3 is 0 Å². The molecule has 1 amide bonds. The van der Waals surface area contributed by atoms with Crippen molar-refractivity contribution in [2.45, 2.75) is 4.21 Å². The van der Waals surface area contributed by atoms with Crippen LogP contribution in [-0.2, 0) is 10.0 Å². The predicted molar refractivity (Wildman–Crippen MR) is 101 cm³/mol. The summed E-state index contributed by atoms with van der Waals surface area (Å²) in [4.78, 5) is 12.2.